The largest absolute Gasteiger partial charge is 0.293 e. The molecule has 0 unspecified atom stereocenters. The van der Waals surface area contributed by atoms with Crippen LogP contribution in [0.5, 0.6) is 0 Å². The van der Waals surface area contributed by atoms with Crippen molar-refractivity contribution in [3.63, 3.8) is 0 Å². The number of thioether (sulfide) groups is 1. The average Bonchev–Trinajstić information content (AvgIpc) is 2.84. The third-order valence-electron chi connectivity index (χ3n) is 4.20. The lowest BCUT2D eigenvalue weighted by atomic mass is 9.87. The van der Waals surface area contributed by atoms with Crippen LogP contribution in [0.1, 0.15) is 37.5 Å². The minimum atomic E-state index is -0.255. The van der Waals surface area contributed by atoms with Crippen LogP contribution >= 0.6 is 23.4 Å². The van der Waals surface area contributed by atoms with Gasteiger partial charge >= 0.3 is 0 Å². The molecule has 0 aliphatic carbocycles. The van der Waals surface area contributed by atoms with E-state index in [2.05, 4.69) is 32.9 Å². The highest BCUT2D eigenvalue weighted by Gasteiger charge is 2.34. The second kappa shape index (κ2) is 7.29. The van der Waals surface area contributed by atoms with Crippen molar-refractivity contribution in [1.29, 1.82) is 0 Å². The summed E-state index contributed by atoms with van der Waals surface area (Å²) in [5, 5.41) is 0.379. The minimum absolute atomic E-state index is 0.0783. The van der Waals surface area contributed by atoms with Crippen molar-refractivity contribution >= 4 is 40.6 Å². The van der Waals surface area contributed by atoms with Gasteiger partial charge in [-0.25, -0.2) is 0 Å². The monoisotopic (exact) mass is 385 g/mol. The van der Waals surface area contributed by atoms with Crippen LogP contribution in [0, 0.1) is 0 Å². The molecule has 0 N–H and O–H groups in total. The van der Waals surface area contributed by atoms with E-state index in [4.69, 9.17) is 11.6 Å². The standard InChI is InChI=1S/C21H20ClNO2S/c1-21(2,3)16-8-4-14(5-9-16)12-18-19(24)23(20(25)26-18)13-15-6-10-17(22)11-7-15/h4-12H,13H2,1-3H3/b18-12-. The van der Waals surface area contributed by atoms with Crippen molar-refractivity contribution in [2.75, 3.05) is 0 Å². The van der Waals surface area contributed by atoms with Crippen LogP contribution in [0.4, 0.5) is 4.79 Å². The second-order valence-electron chi connectivity index (χ2n) is 7.27. The van der Waals surface area contributed by atoms with Gasteiger partial charge in [-0.3, -0.25) is 14.5 Å². The van der Waals surface area contributed by atoms with Crippen molar-refractivity contribution in [2.24, 2.45) is 0 Å². The fourth-order valence-electron chi connectivity index (χ4n) is 2.64. The molecule has 0 saturated carbocycles. The Morgan fingerprint density at radius 2 is 1.62 bits per heavy atom. The molecule has 134 valence electrons. The van der Waals surface area contributed by atoms with Gasteiger partial charge in [-0.05, 0) is 52.1 Å². The quantitative estimate of drug-likeness (QED) is 0.619. The highest BCUT2D eigenvalue weighted by Crippen LogP contribution is 2.33. The van der Waals surface area contributed by atoms with Crippen LogP contribution in [0.15, 0.2) is 53.4 Å². The summed E-state index contributed by atoms with van der Waals surface area (Å²) in [5.74, 6) is -0.255. The first kappa shape index (κ1) is 18.7. The summed E-state index contributed by atoms with van der Waals surface area (Å²) in [6.45, 7) is 6.72. The molecule has 0 bridgehead atoms. The van der Waals surface area contributed by atoms with E-state index >= 15 is 0 Å². The predicted molar refractivity (Wildman–Crippen MR) is 108 cm³/mol. The highest BCUT2D eigenvalue weighted by atomic mass is 35.5. The SMILES string of the molecule is CC(C)(C)c1ccc(/C=C2\SC(=O)N(Cc3ccc(Cl)cc3)C2=O)cc1. The molecule has 1 saturated heterocycles. The molecule has 3 rings (SSSR count). The van der Waals surface area contributed by atoms with E-state index < -0.39 is 0 Å². The molecule has 2 aromatic carbocycles. The number of hydrogen-bond donors (Lipinski definition) is 0. The van der Waals surface area contributed by atoms with Crippen LogP contribution in [0.2, 0.25) is 5.02 Å². The van der Waals surface area contributed by atoms with Crippen LogP contribution in [-0.4, -0.2) is 16.0 Å². The van der Waals surface area contributed by atoms with E-state index in [9.17, 15) is 9.59 Å². The zero-order valence-corrected chi connectivity index (χ0v) is 16.5. The summed E-state index contributed by atoms with van der Waals surface area (Å²) in [6, 6.07) is 15.2. The van der Waals surface area contributed by atoms with E-state index in [1.165, 1.54) is 10.5 Å². The van der Waals surface area contributed by atoms with E-state index in [1.807, 2.05) is 24.3 Å². The summed E-state index contributed by atoms with van der Waals surface area (Å²) >= 11 is 6.86. The lowest BCUT2D eigenvalue weighted by Crippen LogP contribution is -2.27. The number of amides is 2. The van der Waals surface area contributed by atoms with Crippen molar-refractivity contribution in [3.8, 4) is 0 Å². The van der Waals surface area contributed by atoms with Gasteiger partial charge in [-0.15, -0.1) is 0 Å². The molecule has 3 nitrogen and oxygen atoms in total. The lowest BCUT2D eigenvalue weighted by molar-refractivity contribution is -0.123. The smallest absolute Gasteiger partial charge is 0.268 e. The Morgan fingerprint density at radius 1 is 1.00 bits per heavy atom. The van der Waals surface area contributed by atoms with Crippen LogP contribution < -0.4 is 0 Å². The topological polar surface area (TPSA) is 37.4 Å². The molecular formula is C21H20ClNO2S. The van der Waals surface area contributed by atoms with Crippen molar-refractivity contribution < 1.29 is 9.59 Å². The fourth-order valence-corrected chi connectivity index (χ4v) is 3.60. The molecule has 1 heterocycles. The van der Waals surface area contributed by atoms with Gasteiger partial charge < -0.3 is 0 Å². The number of hydrogen-bond acceptors (Lipinski definition) is 3. The summed E-state index contributed by atoms with van der Waals surface area (Å²) in [6.07, 6.45) is 1.78. The Morgan fingerprint density at radius 3 is 2.19 bits per heavy atom. The zero-order chi connectivity index (χ0) is 18.9. The fraction of sp³-hybridized carbons (Fsp3) is 0.238. The maximum Gasteiger partial charge on any atom is 0.293 e. The molecule has 1 aliphatic heterocycles. The van der Waals surface area contributed by atoms with E-state index in [0.29, 0.717) is 9.93 Å². The summed E-state index contributed by atoms with van der Waals surface area (Å²) in [7, 11) is 0. The number of carbonyl (C=O) groups excluding carboxylic acids is 2. The minimum Gasteiger partial charge on any atom is -0.268 e. The van der Waals surface area contributed by atoms with Gasteiger partial charge in [0, 0.05) is 5.02 Å². The van der Waals surface area contributed by atoms with Gasteiger partial charge in [0.25, 0.3) is 11.1 Å². The molecule has 1 aliphatic rings. The third kappa shape index (κ3) is 4.19. The molecular weight excluding hydrogens is 366 g/mol. The molecule has 1 fully saturated rings. The molecule has 0 aromatic heterocycles. The van der Waals surface area contributed by atoms with E-state index in [-0.39, 0.29) is 23.1 Å². The van der Waals surface area contributed by atoms with Gasteiger partial charge in [0.15, 0.2) is 0 Å². The van der Waals surface area contributed by atoms with Crippen molar-refractivity contribution in [1.82, 2.24) is 4.90 Å². The molecule has 26 heavy (non-hydrogen) atoms. The molecule has 2 aromatic rings. The summed E-state index contributed by atoms with van der Waals surface area (Å²) in [5.41, 5.74) is 3.09. The Bertz CT molecular complexity index is 864. The summed E-state index contributed by atoms with van der Waals surface area (Å²) in [4.78, 5) is 26.6. The van der Waals surface area contributed by atoms with Crippen LogP contribution in [-0.2, 0) is 16.8 Å². The van der Waals surface area contributed by atoms with Crippen LogP contribution in [0.3, 0.4) is 0 Å². The maximum absolute atomic E-state index is 12.6. The van der Waals surface area contributed by atoms with Crippen LogP contribution in [0.25, 0.3) is 6.08 Å². The molecule has 2 amide bonds. The van der Waals surface area contributed by atoms with Gasteiger partial charge in [0.2, 0.25) is 0 Å². The van der Waals surface area contributed by atoms with Gasteiger partial charge in [-0.1, -0.05) is 68.8 Å². The lowest BCUT2D eigenvalue weighted by Gasteiger charge is -2.18. The molecule has 0 spiro atoms. The molecule has 0 atom stereocenters. The number of imide groups is 1. The van der Waals surface area contributed by atoms with Crippen molar-refractivity contribution in [2.45, 2.75) is 32.7 Å². The summed E-state index contributed by atoms with van der Waals surface area (Å²) < 4.78 is 0. The molecule has 0 radical (unpaired) electrons. The Hall–Kier alpha value is -2.04. The number of halogens is 1. The molecule has 5 heteroatoms. The number of rotatable bonds is 3. The second-order valence-corrected chi connectivity index (χ2v) is 8.70. The number of carbonyl (C=O) groups is 2. The Labute approximate surface area is 163 Å². The maximum atomic E-state index is 12.6. The Balaban J connectivity index is 1.77. The zero-order valence-electron chi connectivity index (χ0n) is 15.0. The normalized spacial score (nSPS) is 16.6. The van der Waals surface area contributed by atoms with Gasteiger partial charge in [-0.2, -0.15) is 0 Å². The van der Waals surface area contributed by atoms with Gasteiger partial charge in [0.05, 0.1) is 11.4 Å². The first-order chi connectivity index (χ1) is 12.2. The average molecular weight is 386 g/mol. The van der Waals surface area contributed by atoms with Crippen molar-refractivity contribution in [3.05, 3.63) is 75.1 Å². The number of nitrogens with zero attached hydrogens (tertiary/aromatic N) is 1. The third-order valence-corrected chi connectivity index (χ3v) is 5.36. The van der Waals surface area contributed by atoms with Gasteiger partial charge in [0.1, 0.15) is 0 Å². The number of benzene rings is 2. The van der Waals surface area contributed by atoms with E-state index in [0.717, 1.165) is 22.9 Å². The highest BCUT2D eigenvalue weighted by molar-refractivity contribution is 8.18. The predicted octanol–water partition coefficient (Wildman–Crippen LogP) is 5.87. The Kier molecular flexibility index (Phi) is 5.26. The first-order valence-electron chi connectivity index (χ1n) is 8.34. The first-order valence-corrected chi connectivity index (χ1v) is 9.54. The van der Waals surface area contributed by atoms with E-state index in [1.54, 1.807) is 18.2 Å².